The minimum atomic E-state index is -0.381. The summed E-state index contributed by atoms with van der Waals surface area (Å²) in [5, 5.41) is 3.13. The number of rotatable bonds is 3. The first kappa shape index (κ1) is 16.1. The molecule has 0 atom stereocenters. The van der Waals surface area contributed by atoms with Crippen molar-refractivity contribution in [2.75, 3.05) is 18.5 Å². The minimum absolute atomic E-state index is 0.111. The van der Waals surface area contributed by atoms with E-state index in [1.165, 1.54) is 18.2 Å². The van der Waals surface area contributed by atoms with Crippen LogP contribution < -0.4 is 14.8 Å². The van der Waals surface area contributed by atoms with E-state index in [0.29, 0.717) is 45.5 Å². The Morgan fingerprint density at radius 2 is 2.04 bits per heavy atom. The number of hydrogen-bond acceptors (Lipinski definition) is 3. The standard InChI is InChI=1S/C16H12BrClFNO3/c17-11-8-10(19)1-2-13(11)20-15(21)7-9-5-12(18)16-14(6-9)22-3-4-23-16/h1-2,5-6,8H,3-4,7H2,(H,20,21). The van der Waals surface area contributed by atoms with Crippen molar-refractivity contribution in [1.29, 1.82) is 0 Å². The van der Waals surface area contributed by atoms with Gasteiger partial charge in [0.05, 0.1) is 17.1 Å². The summed E-state index contributed by atoms with van der Waals surface area (Å²) in [6.45, 7) is 0.895. The predicted molar refractivity (Wildman–Crippen MR) is 88.9 cm³/mol. The zero-order chi connectivity index (χ0) is 16.4. The van der Waals surface area contributed by atoms with Crippen molar-refractivity contribution < 1.29 is 18.7 Å². The maximum absolute atomic E-state index is 13.1. The van der Waals surface area contributed by atoms with Gasteiger partial charge in [-0.3, -0.25) is 4.79 Å². The predicted octanol–water partition coefficient (Wildman–Crippen LogP) is 4.19. The highest BCUT2D eigenvalue weighted by molar-refractivity contribution is 9.10. The van der Waals surface area contributed by atoms with Gasteiger partial charge in [-0.1, -0.05) is 11.6 Å². The average molecular weight is 401 g/mol. The van der Waals surface area contributed by atoms with E-state index < -0.39 is 0 Å². The molecular formula is C16H12BrClFNO3. The molecule has 0 aliphatic carbocycles. The van der Waals surface area contributed by atoms with Crippen LogP contribution in [0.3, 0.4) is 0 Å². The molecule has 1 N–H and O–H groups in total. The smallest absolute Gasteiger partial charge is 0.228 e. The number of amides is 1. The molecule has 0 saturated heterocycles. The van der Waals surface area contributed by atoms with Gasteiger partial charge in [0.25, 0.3) is 0 Å². The summed E-state index contributed by atoms with van der Waals surface area (Å²) >= 11 is 9.36. The van der Waals surface area contributed by atoms with Gasteiger partial charge in [0.15, 0.2) is 11.5 Å². The molecule has 0 fully saturated rings. The molecule has 1 heterocycles. The Bertz CT molecular complexity index is 769. The fraction of sp³-hybridized carbons (Fsp3) is 0.188. The van der Waals surface area contributed by atoms with Crippen LogP contribution >= 0.6 is 27.5 Å². The molecule has 1 aliphatic rings. The average Bonchev–Trinajstić information content (AvgIpc) is 2.50. The molecule has 0 radical (unpaired) electrons. The van der Waals surface area contributed by atoms with E-state index in [9.17, 15) is 9.18 Å². The number of benzene rings is 2. The zero-order valence-corrected chi connectivity index (χ0v) is 14.2. The second-order valence-electron chi connectivity index (χ2n) is 4.95. The summed E-state index contributed by atoms with van der Waals surface area (Å²) in [6.07, 6.45) is 0.111. The van der Waals surface area contributed by atoms with E-state index in [0.717, 1.165) is 0 Å². The molecule has 1 aliphatic heterocycles. The lowest BCUT2D eigenvalue weighted by Gasteiger charge is -2.20. The lowest BCUT2D eigenvalue weighted by Crippen LogP contribution is -2.17. The Morgan fingerprint density at radius 3 is 2.83 bits per heavy atom. The van der Waals surface area contributed by atoms with Crippen molar-refractivity contribution in [2.45, 2.75) is 6.42 Å². The van der Waals surface area contributed by atoms with Gasteiger partial charge in [0, 0.05) is 4.47 Å². The molecule has 120 valence electrons. The van der Waals surface area contributed by atoms with Crippen molar-refractivity contribution >= 4 is 39.1 Å². The highest BCUT2D eigenvalue weighted by Gasteiger charge is 2.18. The maximum Gasteiger partial charge on any atom is 0.228 e. The van der Waals surface area contributed by atoms with Gasteiger partial charge in [-0.2, -0.15) is 0 Å². The van der Waals surface area contributed by atoms with E-state index >= 15 is 0 Å². The Hall–Kier alpha value is -1.79. The highest BCUT2D eigenvalue weighted by atomic mass is 79.9. The third-order valence-electron chi connectivity index (χ3n) is 3.23. The third-order valence-corrected chi connectivity index (χ3v) is 4.16. The fourth-order valence-electron chi connectivity index (χ4n) is 2.24. The van der Waals surface area contributed by atoms with Crippen molar-refractivity contribution in [3.8, 4) is 11.5 Å². The molecular weight excluding hydrogens is 389 g/mol. The molecule has 7 heteroatoms. The van der Waals surface area contributed by atoms with Crippen LogP contribution in [0.4, 0.5) is 10.1 Å². The first-order valence-electron chi connectivity index (χ1n) is 6.86. The van der Waals surface area contributed by atoms with E-state index in [4.69, 9.17) is 21.1 Å². The van der Waals surface area contributed by atoms with E-state index in [1.807, 2.05) is 0 Å². The van der Waals surface area contributed by atoms with Crippen LogP contribution in [-0.2, 0) is 11.2 Å². The van der Waals surface area contributed by atoms with Gasteiger partial charge in [-0.25, -0.2) is 4.39 Å². The number of carbonyl (C=O) groups excluding carboxylic acids is 1. The molecule has 0 unspecified atom stereocenters. The van der Waals surface area contributed by atoms with E-state index in [2.05, 4.69) is 21.2 Å². The largest absolute Gasteiger partial charge is 0.486 e. The molecule has 3 rings (SSSR count). The number of halogens is 3. The molecule has 4 nitrogen and oxygen atoms in total. The Morgan fingerprint density at radius 1 is 1.26 bits per heavy atom. The van der Waals surface area contributed by atoms with Crippen molar-refractivity contribution in [3.63, 3.8) is 0 Å². The molecule has 23 heavy (non-hydrogen) atoms. The van der Waals surface area contributed by atoms with Gasteiger partial charge in [0.2, 0.25) is 5.91 Å². The lowest BCUT2D eigenvalue weighted by molar-refractivity contribution is -0.115. The Kier molecular flexibility index (Phi) is 4.73. The highest BCUT2D eigenvalue weighted by Crippen LogP contribution is 2.38. The molecule has 0 spiro atoms. The number of carbonyl (C=O) groups is 1. The Labute approximate surface area is 145 Å². The van der Waals surface area contributed by atoms with E-state index in [1.54, 1.807) is 12.1 Å². The van der Waals surface area contributed by atoms with Crippen LogP contribution in [0, 0.1) is 5.82 Å². The summed E-state index contributed by atoms with van der Waals surface area (Å²) in [5.74, 6) is 0.413. The summed E-state index contributed by atoms with van der Waals surface area (Å²) in [7, 11) is 0. The second-order valence-corrected chi connectivity index (χ2v) is 6.21. The number of anilines is 1. The normalized spacial score (nSPS) is 12.8. The van der Waals surface area contributed by atoms with Gasteiger partial charge < -0.3 is 14.8 Å². The number of fused-ring (bicyclic) bond motifs is 1. The fourth-order valence-corrected chi connectivity index (χ4v) is 2.97. The van der Waals surface area contributed by atoms with E-state index in [-0.39, 0.29) is 18.1 Å². The van der Waals surface area contributed by atoms with Crippen LogP contribution in [0.2, 0.25) is 5.02 Å². The zero-order valence-electron chi connectivity index (χ0n) is 11.9. The quantitative estimate of drug-likeness (QED) is 0.840. The molecule has 2 aromatic rings. The molecule has 2 aromatic carbocycles. The topological polar surface area (TPSA) is 47.6 Å². The molecule has 0 aromatic heterocycles. The van der Waals surface area contributed by atoms with Crippen molar-refractivity contribution in [2.24, 2.45) is 0 Å². The Balaban J connectivity index is 1.74. The second kappa shape index (κ2) is 6.76. The molecule has 0 saturated carbocycles. The van der Waals surface area contributed by atoms with Crippen molar-refractivity contribution in [3.05, 3.63) is 51.2 Å². The third kappa shape index (κ3) is 3.76. The summed E-state index contributed by atoms with van der Waals surface area (Å²) < 4.78 is 24.5. The number of nitrogens with one attached hydrogen (secondary N) is 1. The van der Waals surface area contributed by atoms with Gasteiger partial charge in [-0.15, -0.1) is 0 Å². The van der Waals surface area contributed by atoms with Crippen molar-refractivity contribution in [1.82, 2.24) is 0 Å². The maximum atomic E-state index is 13.1. The minimum Gasteiger partial charge on any atom is -0.486 e. The summed E-state index contributed by atoms with van der Waals surface area (Å²) in [4.78, 5) is 12.2. The van der Waals surface area contributed by atoms with Crippen LogP contribution in [0.1, 0.15) is 5.56 Å². The first-order valence-corrected chi connectivity index (χ1v) is 8.03. The van der Waals surface area contributed by atoms with Crippen LogP contribution in [0.5, 0.6) is 11.5 Å². The first-order chi connectivity index (χ1) is 11.0. The molecule has 1 amide bonds. The monoisotopic (exact) mass is 399 g/mol. The van der Waals surface area contributed by atoms with Crippen LogP contribution in [-0.4, -0.2) is 19.1 Å². The number of hydrogen-bond donors (Lipinski definition) is 1. The molecule has 0 bridgehead atoms. The van der Waals surface area contributed by atoms with Crippen LogP contribution in [0.15, 0.2) is 34.8 Å². The van der Waals surface area contributed by atoms with Gasteiger partial charge >= 0.3 is 0 Å². The number of ether oxygens (including phenoxy) is 2. The summed E-state index contributed by atoms with van der Waals surface area (Å²) in [6, 6.07) is 7.47. The van der Waals surface area contributed by atoms with Crippen LogP contribution in [0.25, 0.3) is 0 Å². The SMILES string of the molecule is O=C(Cc1cc(Cl)c2c(c1)OCCO2)Nc1ccc(F)cc1Br. The summed E-state index contributed by atoms with van der Waals surface area (Å²) in [5.41, 5.74) is 1.20. The lowest BCUT2D eigenvalue weighted by atomic mass is 10.1. The van der Waals surface area contributed by atoms with Gasteiger partial charge in [-0.05, 0) is 51.8 Å². The van der Waals surface area contributed by atoms with Gasteiger partial charge in [0.1, 0.15) is 19.0 Å².